The number of hydrogen-bond donors (Lipinski definition) is 1. The minimum Gasteiger partial charge on any atom is -0.508 e. The summed E-state index contributed by atoms with van der Waals surface area (Å²) in [7, 11) is 0. The van der Waals surface area contributed by atoms with E-state index in [-0.39, 0.29) is 19.0 Å². The molecule has 0 atom stereocenters. The topological polar surface area (TPSA) is 51.7 Å². The molecule has 0 saturated heterocycles. The van der Waals surface area contributed by atoms with Crippen molar-refractivity contribution in [2.45, 2.75) is 0 Å². The average molecular weight is 146 g/mol. The normalized spacial score (nSPS) is 6.67. The zero-order chi connectivity index (χ0) is 5.11. The van der Waals surface area contributed by atoms with Gasteiger partial charge >= 0.3 is 0 Å². The van der Waals surface area contributed by atoms with Gasteiger partial charge in [0.05, 0.1) is 0 Å². The highest BCUT2D eigenvalue weighted by Crippen LogP contribution is 2.02. The number of phenolic OH excluding ortho intramolecular Hbond substituents is 1. The van der Waals surface area contributed by atoms with Crippen molar-refractivity contribution in [2.24, 2.45) is 0 Å². The van der Waals surface area contributed by atoms with Gasteiger partial charge in [0.2, 0.25) is 0 Å². The molecule has 0 aliphatic heterocycles. The smallest absolute Gasteiger partial charge is 0.115 e. The lowest BCUT2D eigenvalue weighted by atomic mass is 10.3. The second-order valence-corrected chi connectivity index (χ2v) is 1.34. The van der Waals surface area contributed by atoms with Gasteiger partial charge in [0.1, 0.15) is 5.75 Å². The van der Waals surface area contributed by atoms with Crippen LogP contribution in [0.25, 0.3) is 0 Å². The lowest BCUT2D eigenvalue weighted by molar-refractivity contribution is 0.475. The van der Waals surface area contributed by atoms with E-state index in [1.807, 2.05) is 6.07 Å². The number of aromatic hydroxyl groups is 1. The van der Waals surface area contributed by atoms with Gasteiger partial charge in [0.15, 0.2) is 0 Å². The summed E-state index contributed by atoms with van der Waals surface area (Å²) in [6.07, 6.45) is 0. The second kappa shape index (κ2) is 5.47. The summed E-state index contributed by atoms with van der Waals surface area (Å²) < 4.78 is 0. The van der Waals surface area contributed by atoms with Gasteiger partial charge < -0.3 is 10.6 Å². The van der Waals surface area contributed by atoms with Crippen LogP contribution in [0, 0.1) is 0 Å². The molecule has 0 aliphatic carbocycles. The van der Waals surface area contributed by atoms with E-state index >= 15 is 0 Å². The second-order valence-electron chi connectivity index (χ2n) is 1.34. The molecule has 0 unspecified atom stereocenters. The van der Waals surface area contributed by atoms with Gasteiger partial charge in [-0.1, -0.05) is 18.2 Å². The third-order valence-corrected chi connectivity index (χ3v) is 0.756. The predicted molar refractivity (Wildman–Crippen MR) is 42.1 cm³/mol. The van der Waals surface area contributed by atoms with Crippen LogP contribution in [-0.4, -0.2) is 10.6 Å². The van der Waals surface area contributed by atoms with Crippen molar-refractivity contribution in [3.63, 3.8) is 0 Å². The summed E-state index contributed by atoms with van der Waals surface area (Å²) in [5.41, 5.74) is 0. The van der Waals surface area contributed by atoms with Crippen LogP contribution in [-0.2, 0) is 0 Å². The largest absolute Gasteiger partial charge is 0.508 e. The number of rotatable bonds is 0. The van der Waals surface area contributed by atoms with Crippen molar-refractivity contribution in [1.82, 2.24) is 0 Å². The van der Waals surface area contributed by atoms with Crippen LogP contribution >= 0.6 is 13.5 Å². The first-order chi connectivity index (χ1) is 3.39. The van der Waals surface area contributed by atoms with Gasteiger partial charge in [-0.2, -0.15) is 13.5 Å². The van der Waals surface area contributed by atoms with E-state index in [0.717, 1.165) is 0 Å². The van der Waals surface area contributed by atoms with Crippen LogP contribution in [0.4, 0.5) is 0 Å². The Hall–Kier alpha value is -0.670. The Morgan fingerprint density at radius 1 is 1.00 bits per heavy atom. The lowest BCUT2D eigenvalue weighted by Gasteiger charge is -1.82. The number of para-hydroxylation sites is 1. The van der Waals surface area contributed by atoms with Crippen molar-refractivity contribution < 1.29 is 10.6 Å². The zero-order valence-corrected chi connectivity index (χ0v) is 5.83. The highest BCUT2D eigenvalue weighted by Gasteiger charge is 1.74. The molecule has 9 heavy (non-hydrogen) atoms. The Kier molecular flexibility index (Phi) is 6.78. The van der Waals surface area contributed by atoms with Crippen molar-refractivity contribution in [1.29, 1.82) is 0 Å². The molecule has 1 aromatic carbocycles. The van der Waals surface area contributed by atoms with Crippen LogP contribution in [0.2, 0.25) is 0 Å². The first-order valence-corrected chi connectivity index (χ1v) is 2.13. The molecule has 0 fully saturated rings. The molecule has 2 nitrogen and oxygen atoms in total. The third-order valence-electron chi connectivity index (χ3n) is 0.756. The fourth-order valence-corrected chi connectivity index (χ4v) is 0.428. The fourth-order valence-electron chi connectivity index (χ4n) is 0.428. The van der Waals surface area contributed by atoms with Crippen LogP contribution in [0.3, 0.4) is 0 Å². The van der Waals surface area contributed by atoms with Gasteiger partial charge in [0, 0.05) is 0 Å². The van der Waals surface area contributed by atoms with Crippen LogP contribution in [0.5, 0.6) is 5.75 Å². The minimum atomic E-state index is 0. The maximum atomic E-state index is 8.63. The summed E-state index contributed by atoms with van der Waals surface area (Å²) in [5, 5.41) is 8.63. The Bertz CT molecular complexity index is 141. The number of hydrogen-bond acceptors (Lipinski definition) is 1. The standard InChI is InChI=1S/C6H6O.H2O.H2S/c7-6-4-2-1-3-5-6;;/h1-5,7H;2*1H2. The predicted octanol–water partition coefficient (Wildman–Crippen LogP) is 0.680. The molecule has 0 aliphatic rings. The van der Waals surface area contributed by atoms with Gasteiger partial charge in [-0.25, -0.2) is 0 Å². The monoisotopic (exact) mass is 146 g/mol. The first-order valence-electron chi connectivity index (χ1n) is 2.13. The molecule has 3 heteroatoms. The SMILES string of the molecule is O.Oc1ccccc1.S. The van der Waals surface area contributed by atoms with E-state index in [0.29, 0.717) is 5.75 Å². The molecule has 0 radical (unpaired) electrons. The minimum absolute atomic E-state index is 0. The number of benzene rings is 1. The Morgan fingerprint density at radius 2 is 1.44 bits per heavy atom. The summed E-state index contributed by atoms with van der Waals surface area (Å²) >= 11 is 0. The summed E-state index contributed by atoms with van der Waals surface area (Å²) in [6.45, 7) is 0. The van der Waals surface area contributed by atoms with Crippen LogP contribution in [0.15, 0.2) is 30.3 Å². The van der Waals surface area contributed by atoms with Gasteiger partial charge in [-0.15, -0.1) is 0 Å². The van der Waals surface area contributed by atoms with Gasteiger partial charge in [0.25, 0.3) is 0 Å². The maximum absolute atomic E-state index is 8.63. The molecule has 0 heterocycles. The molecule has 0 amide bonds. The molecule has 3 N–H and O–H groups in total. The molecule has 0 aromatic heterocycles. The molecule has 52 valence electrons. The molecule has 0 saturated carbocycles. The van der Waals surface area contributed by atoms with E-state index in [4.69, 9.17) is 5.11 Å². The molecule has 0 bridgehead atoms. The zero-order valence-electron chi connectivity index (χ0n) is 4.83. The molecular formula is C6H10O2S. The van der Waals surface area contributed by atoms with Crippen molar-refractivity contribution in [2.75, 3.05) is 0 Å². The Labute approximate surface area is 60.9 Å². The number of phenols is 1. The highest BCUT2D eigenvalue weighted by atomic mass is 32.1. The lowest BCUT2D eigenvalue weighted by Crippen LogP contribution is -1.56. The van der Waals surface area contributed by atoms with Crippen LogP contribution in [0.1, 0.15) is 0 Å². The van der Waals surface area contributed by atoms with Crippen molar-refractivity contribution in [3.05, 3.63) is 30.3 Å². The van der Waals surface area contributed by atoms with Crippen LogP contribution < -0.4 is 0 Å². The molecule has 1 aromatic rings. The third kappa shape index (κ3) is 3.88. The first kappa shape index (κ1) is 11.2. The van der Waals surface area contributed by atoms with Gasteiger partial charge in [-0.3, -0.25) is 0 Å². The van der Waals surface area contributed by atoms with E-state index in [1.165, 1.54) is 0 Å². The molecule has 1 rings (SSSR count). The average Bonchev–Trinajstić information content (AvgIpc) is 1.69. The van der Waals surface area contributed by atoms with E-state index in [9.17, 15) is 0 Å². The fraction of sp³-hybridized carbons (Fsp3) is 0. The summed E-state index contributed by atoms with van der Waals surface area (Å²) in [5.74, 6) is 0.322. The van der Waals surface area contributed by atoms with Crippen molar-refractivity contribution in [3.8, 4) is 5.75 Å². The van der Waals surface area contributed by atoms with Gasteiger partial charge in [-0.05, 0) is 12.1 Å². The molecule has 0 spiro atoms. The Balaban J connectivity index is 0. The summed E-state index contributed by atoms with van der Waals surface area (Å²) in [6, 6.07) is 8.71. The van der Waals surface area contributed by atoms with E-state index in [2.05, 4.69) is 0 Å². The maximum Gasteiger partial charge on any atom is 0.115 e. The highest BCUT2D eigenvalue weighted by molar-refractivity contribution is 7.59. The summed E-state index contributed by atoms with van der Waals surface area (Å²) in [4.78, 5) is 0. The molecular weight excluding hydrogens is 136 g/mol. The van der Waals surface area contributed by atoms with E-state index < -0.39 is 0 Å². The van der Waals surface area contributed by atoms with Crippen molar-refractivity contribution >= 4 is 13.5 Å². The Morgan fingerprint density at radius 3 is 1.67 bits per heavy atom. The van der Waals surface area contributed by atoms with E-state index in [1.54, 1.807) is 24.3 Å². The quantitative estimate of drug-likeness (QED) is 0.575.